The first kappa shape index (κ1) is 22.3. The minimum Gasteiger partial charge on any atom is -0.463 e. The zero-order valence-corrected chi connectivity index (χ0v) is 19.8. The summed E-state index contributed by atoms with van der Waals surface area (Å²) in [5.41, 5.74) is 6.05. The maximum atomic E-state index is 12.7. The number of carbonyl (C=O) groups is 1. The molecule has 1 fully saturated rings. The summed E-state index contributed by atoms with van der Waals surface area (Å²) in [6.45, 7) is 12.3. The van der Waals surface area contributed by atoms with Gasteiger partial charge in [0.15, 0.2) is 0 Å². The van der Waals surface area contributed by atoms with E-state index >= 15 is 0 Å². The van der Waals surface area contributed by atoms with E-state index in [0.29, 0.717) is 5.41 Å². The first-order valence-corrected chi connectivity index (χ1v) is 11.5. The molecule has 2 aromatic heterocycles. The van der Waals surface area contributed by atoms with E-state index in [1.165, 1.54) is 0 Å². The molecule has 168 valence electrons. The minimum atomic E-state index is -0.216. The van der Waals surface area contributed by atoms with Gasteiger partial charge in [0.2, 0.25) is 0 Å². The number of piperidine rings is 1. The van der Waals surface area contributed by atoms with Crippen LogP contribution in [0.1, 0.15) is 51.8 Å². The molecule has 0 atom stereocenters. The lowest BCUT2D eigenvalue weighted by atomic mass is 9.82. The first-order valence-electron chi connectivity index (χ1n) is 11.5. The van der Waals surface area contributed by atoms with Crippen molar-refractivity contribution in [2.45, 2.75) is 60.0 Å². The molecule has 1 aromatic carbocycles. The molecular formula is C27H33N3O2. The number of carbonyl (C=O) groups excluding carboxylic acids is 1. The highest BCUT2D eigenvalue weighted by Gasteiger charge is 2.30. The van der Waals surface area contributed by atoms with Gasteiger partial charge in [0, 0.05) is 41.5 Å². The molecule has 0 aliphatic carbocycles. The van der Waals surface area contributed by atoms with Gasteiger partial charge < -0.3 is 9.64 Å². The highest BCUT2D eigenvalue weighted by atomic mass is 16.5. The zero-order valence-electron chi connectivity index (χ0n) is 19.8. The van der Waals surface area contributed by atoms with Crippen molar-refractivity contribution >= 4 is 22.6 Å². The quantitative estimate of drug-likeness (QED) is 0.483. The zero-order chi connectivity index (χ0) is 22.9. The van der Waals surface area contributed by atoms with Gasteiger partial charge in [-0.3, -0.25) is 9.78 Å². The number of ether oxygens (including phenoxy) is 1. The second-order valence-electron chi connectivity index (χ2n) is 9.84. The van der Waals surface area contributed by atoms with E-state index in [1.807, 2.05) is 45.2 Å². The molecule has 0 radical (unpaired) electrons. The minimum absolute atomic E-state index is 0.139. The number of rotatable bonds is 5. The molecule has 1 aliphatic rings. The molecule has 0 saturated carbocycles. The number of aryl methyl sites for hydroxylation is 1. The average molecular weight is 432 g/mol. The van der Waals surface area contributed by atoms with Gasteiger partial charge in [-0.25, -0.2) is 4.98 Å². The van der Waals surface area contributed by atoms with E-state index < -0.39 is 0 Å². The van der Waals surface area contributed by atoms with Crippen molar-refractivity contribution in [2.24, 2.45) is 5.41 Å². The third-order valence-corrected chi connectivity index (χ3v) is 6.36. The Kier molecular flexibility index (Phi) is 6.18. The van der Waals surface area contributed by atoms with Crippen molar-refractivity contribution in [3.05, 3.63) is 53.9 Å². The van der Waals surface area contributed by atoms with Gasteiger partial charge in [-0.15, -0.1) is 0 Å². The van der Waals surface area contributed by atoms with Crippen LogP contribution < -0.4 is 4.90 Å². The molecular weight excluding hydrogens is 398 g/mol. The summed E-state index contributed by atoms with van der Waals surface area (Å²) >= 11 is 0. The van der Waals surface area contributed by atoms with E-state index in [1.54, 1.807) is 0 Å². The molecule has 4 rings (SSSR count). The Labute approximate surface area is 190 Å². The Morgan fingerprint density at radius 2 is 1.84 bits per heavy atom. The van der Waals surface area contributed by atoms with Crippen LogP contribution in [0, 0.1) is 12.3 Å². The predicted molar refractivity (Wildman–Crippen MR) is 130 cm³/mol. The van der Waals surface area contributed by atoms with Crippen molar-refractivity contribution in [3.63, 3.8) is 0 Å². The molecule has 0 amide bonds. The van der Waals surface area contributed by atoms with Gasteiger partial charge >= 0.3 is 5.97 Å². The molecule has 0 N–H and O–H groups in total. The topological polar surface area (TPSA) is 55.3 Å². The number of benzene rings is 1. The van der Waals surface area contributed by atoms with Crippen LogP contribution in [0.5, 0.6) is 0 Å². The van der Waals surface area contributed by atoms with Gasteiger partial charge in [0.05, 0.1) is 29.4 Å². The van der Waals surface area contributed by atoms with Gasteiger partial charge in [-0.1, -0.05) is 38.1 Å². The number of para-hydroxylation sites is 1. The lowest BCUT2D eigenvalue weighted by Crippen LogP contribution is -2.38. The first-order chi connectivity index (χ1) is 15.2. The lowest BCUT2D eigenvalue weighted by Gasteiger charge is -2.40. The van der Waals surface area contributed by atoms with Crippen LogP contribution in [0.15, 0.2) is 42.6 Å². The summed E-state index contributed by atoms with van der Waals surface area (Å²) in [7, 11) is 0. The number of fused-ring (bicyclic) bond motifs is 1. The molecule has 0 unspecified atom stereocenters. The van der Waals surface area contributed by atoms with Gasteiger partial charge in [-0.05, 0) is 51.2 Å². The van der Waals surface area contributed by atoms with Crippen LogP contribution in [0.2, 0.25) is 0 Å². The summed E-state index contributed by atoms with van der Waals surface area (Å²) in [6.07, 6.45) is 4.20. The Morgan fingerprint density at radius 3 is 2.56 bits per heavy atom. The SMILES string of the molecule is Cc1ncc(-c2ccc3ccccc3n2)c(N2CCC(C)(C)CC2)c1CC(=O)OC(C)C. The summed E-state index contributed by atoms with van der Waals surface area (Å²) in [4.78, 5) is 24.7. The van der Waals surface area contributed by atoms with Crippen molar-refractivity contribution in [1.29, 1.82) is 0 Å². The van der Waals surface area contributed by atoms with Gasteiger partial charge in [0.25, 0.3) is 0 Å². The standard InChI is InChI=1S/C27H33N3O2/c1-18(2)32-25(31)16-21-19(3)28-17-22(26(21)30-14-12-27(4,5)13-15-30)24-11-10-20-8-6-7-9-23(20)29-24/h6-11,17-18H,12-16H2,1-5H3. The fourth-order valence-electron chi connectivity index (χ4n) is 4.40. The number of anilines is 1. The van der Waals surface area contributed by atoms with Crippen molar-refractivity contribution in [3.8, 4) is 11.3 Å². The molecule has 0 bridgehead atoms. The summed E-state index contributed by atoms with van der Waals surface area (Å²) in [5, 5.41) is 1.11. The lowest BCUT2D eigenvalue weighted by molar-refractivity contribution is -0.146. The fourth-order valence-corrected chi connectivity index (χ4v) is 4.40. The van der Waals surface area contributed by atoms with Crippen LogP contribution in [-0.2, 0) is 16.0 Å². The molecule has 0 spiro atoms. The Bertz CT molecular complexity index is 1130. The van der Waals surface area contributed by atoms with E-state index in [2.05, 4.69) is 41.9 Å². The Morgan fingerprint density at radius 1 is 1.12 bits per heavy atom. The van der Waals surface area contributed by atoms with Crippen LogP contribution >= 0.6 is 0 Å². The molecule has 1 saturated heterocycles. The van der Waals surface area contributed by atoms with Crippen LogP contribution in [0.4, 0.5) is 5.69 Å². The van der Waals surface area contributed by atoms with E-state index in [0.717, 1.165) is 65.0 Å². The van der Waals surface area contributed by atoms with Crippen molar-refractivity contribution in [2.75, 3.05) is 18.0 Å². The molecule has 1 aliphatic heterocycles. The van der Waals surface area contributed by atoms with Crippen molar-refractivity contribution in [1.82, 2.24) is 9.97 Å². The number of hydrogen-bond acceptors (Lipinski definition) is 5. The van der Waals surface area contributed by atoms with E-state index in [4.69, 9.17) is 9.72 Å². The van der Waals surface area contributed by atoms with Crippen LogP contribution in [0.3, 0.4) is 0 Å². The number of esters is 1. The normalized spacial score (nSPS) is 15.9. The smallest absolute Gasteiger partial charge is 0.310 e. The van der Waals surface area contributed by atoms with E-state index in [9.17, 15) is 4.79 Å². The van der Waals surface area contributed by atoms with Crippen LogP contribution in [-0.4, -0.2) is 35.1 Å². The number of nitrogens with zero attached hydrogens (tertiary/aromatic N) is 3. The molecule has 32 heavy (non-hydrogen) atoms. The number of pyridine rings is 2. The third-order valence-electron chi connectivity index (χ3n) is 6.36. The monoisotopic (exact) mass is 431 g/mol. The Balaban J connectivity index is 1.83. The van der Waals surface area contributed by atoms with Gasteiger partial charge in [0.1, 0.15) is 0 Å². The molecule has 5 nitrogen and oxygen atoms in total. The Hall–Kier alpha value is -2.95. The highest BCUT2D eigenvalue weighted by molar-refractivity contribution is 5.87. The molecule has 3 aromatic rings. The third kappa shape index (κ3) is 4.77. The second-order valence-corrected chi connectivity index (χ2v) is 9.84. The number of aromatic nitrogens is 2. The predicted octanol–water partition coefficient (Wildman–Crippen LogP) is 5.73. The number of hydrogen-bond donors (Lipinski definition) is 0. The molecule has 3 heterocycles. The van der Waals surface area contributed by atoms with Crippen LogP contribution in [0.25, 0.3) is 22.2 Å². The van der Waals surface area contributed by atoms with Crippen molar-refractivity contribution < 1.29 is 9.53 Å². The summed E-state index contributed by atoms with van der Waals surface area (Å²) < 4.78 is 5.49. The molecule has 5 heteroatoms. The maximum absolute atomic E-state index is 12.7. The highest BCUT2D eigenvalue weighted by Crippen LogP contribution is 2.39. The largest absolute Gasteiger partial charge is 0.463 e. The maximum Gasteiger partial charge on any atom is 0.310 e. The average Bonchev–Trinajstić information content (AvgIpc) is 2.74. The fraction of sp³-hybridized carbons (Fsp3) is 0.444. The summed E-state index contributed by atoms with van der Waals surface area (Å²) in [5.74, 6) is -0.216. The van der Waals surface area contributed by atoms with Gasteiger partial charge in [-0.2, -0.15) is 0 Å². The second kappa shape index (κ2) is 8.89. The summed E-state index contributed by atoms with van der Waals surface area (Å²) in [6, 6.07) is 12.3. The van der Waals surface area contributed by atoms with E-state index in [-0.39, 0.29) is 18.5 Å².